The van der Waals surface area contributed by atoms with Crippen LogP contribution in [-0.2, 0) is 13.0 Å². The molecular weight excluding hydrogens is 292 g/mol. The van der Waals surface area contributed by atoms with E-state index in [2.05, 4.69) is 74.1 Å². The van der Waals surface area contributed by atoms with Crippen LogP contribution < -0.4 is 5.32 Å². The predicted octanol–water partition coefficient (Wildman–Crippen LogP) is 4.49. The molecule has 0 spiro atoms. The fourth-order valence-corrected chi connectivity index (χ4v) is 3.34. The Morgan fingerprint density at radius 1 is 1.33 bits per heavy atom. The summed E-state index contributed by atoms with van der Waals surface area (Å²) in [6, 6.07) is 9.39. The molecule has 0 bridgehead atoms. The van der Waals surface area contributed by atoms with E-state index >= 15 is 0 Å². The summed E-state index contributed by atoms with van der Waals surface area (Å²) in [5.74, 6) is 0. The van der Waals surface area contributed by atoms with Crippen LogP contribution in [0.25, 0.3) is 0 Å². The minimum Gasteiger partial charge on any atom is -0.316 e. The van der Waals surface area contributed by atoms with E-state index < -0.39 is 0 Å². The molecule has 1 aromatic carbocycles. The Labute approximate surface area is 148 Å². The van der Waals surface area contributed by atoms with Crippen LogP contribution in [0.15, 0.2) is 60.2 Å². The molecule has 0 aromatic heterocycles. The second-order valence-corrected chi connectivity index (χ2v) is 6.73. The number of hydrogen-bond donors (Lipinski definition) is 1. The Kier molecular flexibility index (Phi) is 7.48. The summed E-state index contributed by atoms with van der Waals surface area (Å²) in [5.41, 5.74) is 5.65. The molecule has 0 saturated heterocycles. The van der Waals surface area contributed by atoms with Crippen molar-refractivity contribution in [2.45, 2.75) is 45.7 Å². The van der Waals surface area contributed by atoms with Gasteiger partial charge in [-0.3, -0.25) is 4.90 Å². The first-order valence-electron chi connectivity index (χ1n) is 9.08. The maximum Gasteiger partial charge on any atom is 0.0237 e. The number of benzene rings is 1. The molecule has 1 aliphatic heterocycles. The van der Waals surface area contributed by atoms with E-state index in [0.29, 0.717) is 6.04 Å². The van der Waals surface area contributed by atoms with Crippen molar-refractivity contribution in [3.63, 3.8) is 0 Å². The van der Waals surface area contributed by atoms with Crippen molar-refractivity contribution in [1.29, 1.82) is 0 Å². The zero-order chi connectivity index (χ0) is 17.4. The van der Waals surface area contributed by atoms with Crippen molar-refractivity contribution in [2.75, 3.05) is 20.1 Å². The van der Waals surface area contributed by atoms with Gasteiger partial charge >= 0.3 is 0 Å². The van der Waals surface area contributed by atoms with E-state index in [9.17, 15) is 0 Å². The smallest absolute Gasteiger partial charge is 0.0237 e. The Balaban J connectivity index is 1.88. The van der Waals surface area contributed by atoms with E-state index in [1.807, 2.05) is 6.08 Å². The maximum atomic E-state index is 3.84. The van der Waals surface area contributed by atoms with Gasteiger partial charge in [-0.15, -0.1) is 0 Å². The third-order valence-electron chi connectivity index (χ3n) is 4.98. The Morgan fingerprint density at radius 2 is 2.08 bits per heavy atom. The molecule has 1 N–H and O–H groups in total. The van der Waals surface area contributed by atoms with Crippen LogP contribution in [0.3, 0.4) is 0 Å². The molecule has 0 aliphatic carbocycles. The molecule has 1 aromatic rings. The first kappa shape index (κ1) is 18.7. The largest absolute Gasteiger partial charge is 0.316 e. The highest BCUT2D eigenvalue weighted by Crippen LogP contribution is 2.19. The van der Waals surface area contributed by atoms with Crippen molar-refractivity contribution >= 4 is 0 Å². The summed E-state index contributed by atoms with van der Waals surface area (Å²) in [4.78, 5) is 2.59. The van der Waals surface area contributed by atoms with Gasteiger partial charge in [0.2, 0.25) is 0 Å². The standard InChI is InChI=1S/C22H32N2/c1-5-18(3)15-19(6-2)11-12-22(23-4)17-24-14-13-20-9-7-8-10-21(20)16-24/h5-10,15,22-23H,1,11-14,16-17H2,2-4H3/b18-15-,19-6-. The fraction of sp³-hybridized carbons (Fsp3) is 0.455. The van der Waals surface area contributed by atoms with Crippen LogP contribution in [0.5, 0.6) is 0 Å². The molecule has 0 fully saturated rings. The van der Waals surface area contributed by atoms with Crippen molar-refractivity contribution in [1.82, 2.24) is 10.2 Å². The molecule has 1 aliphatic rings. The molecule has 0 saturated carbocycles. The van der Waals surface area contributed by atoms with Crippen molar-refractivity contribution < 1.29 is 0 Å². The van der Waals surface area contributed by atoms with Crippen LogP contribution >= 0.6 is 0 Å². The van der Waals surface area contributed by atoms with Crippen molar-refractivity contribution in [3.8, 4) is 0 Å². The van der Waals surface area contributed by atoms with E-state index in [-0.39, 0.29) is 0 Å². The molecule has 2 nitrogen and oxygen atoms in total. The second-order valence-electron chi connectivity index (χ2n) is 6.73. The Morgan fingerprint density at radius 3 is 2.75 bits per heavy atom. The lowest BCUT2D eigenvalue weighted by atomic mass is 9.98. The summed E-state index contributed by atoms with van der Waals surface area (Å²) in [7, 11) is 2.09. The van der Waals surface area contributed by atoms with E-state index in [4.69, 9.17) is 0 Å². The molecule has 24 heavy (non-hydrogen) atoms. The topological polar surface area (TPSA) is 15.3 Å². The molecule has 1 unspecified atom stereocenters. The summed E-state index contributed by atoms with van der Waals surface area (Å²) in [6.07, 6.45) is 9.83. The van der Waals surface area contributed by atoms with Crippen molar-refractivity contribution in [3.05, 3.63) is 71.3 Å². The van der Waals surface area contributed by atoms with Crippen LogP contribution in [0, 0.1) is 0 Å². The minimum atomic E-state index is 0.530. The lowest BCUT2D eigenvalue weighted by molar-refractivity contribution is 0.223. The van der Waals surface area contributed by atoms with Crippen LogP contribution in [-0.4, -0.2) is 31.1 Å². The third-order valence-corrected chi connectivity index (χ3v) is 4.98. The Bertz CT molecular complexity index is 598. The SMILES string of the molecule is C=C/C(C)=C\C(=C/C)CCC(CN1CCc2ccccc2C1)NC. The van der Waals surface area contributed by atoms with E-state index in [0.717, 1.165) is 25.9 Å². The van der Waals surface area contributed by atoms with Crippen LogP contribution in [0.4, 0.5) is 0 Å². The molecular formula is C22H32N2. The molecule has 2 heteroatoms. The lowest BCUT2D eigenvalue weighted by Gasteiger charge is -2.32. The van der Waals surface area contributed by atoms with Gasteiger partial charge in [-0.05, 0) is 51.3 Å². The summed E-state index contributed by atoms with van der Waals surface area (Å²) < 4.78 is 0. The monoisotopic (exact) mass is 324 g/mol. The zero-order valence-corrected chi connectivity index (χ0v) is 15.5. The third kappa shape index (κ3) is 5.47. The normalized spacial score (nSPS) is 17.5. The van der Waals surface area contributed by atoms with Gasteiger partial charge in [-0.1, -0.05) is 60.2 Å². The van der Waals surface area contributed by atoms with Gasteiger partial charge in [0.1, 0.15) is 0 Å². The lowest BCUT2D eigenvalue weighted by Crippen LogP contribution is -2.41. The van der Waals surface area contributed by atoms with Gasteiger partial charge in [0, 0.05) is 25.7 Å². The minimum absolute atomic E-state index is 0.530. The predicted molar refractivity (Wildman–Crippen MR) is 105 cm³/mol. The molecule has 1 atom stereocenters. The highest BCUT2D eigenvalue weighted by molar-refractivity contribution is 5.29. The first-order valence-corrected chi connectivity index (χ1v) is 9.08. The van der Waals surface area contributed by atoms with Gasteiger partial charge in [0.25, 0.3) is 0 Å². The van der Waals surface area contributed by atoms with Gasteiger partial charge in [0.15, 0.2) is 0 Å². The quantitative estimate of drug-likeness (QED) is 0.709. The molecule has 1 heterocycles. The van der Waals surface area contributed by atoms with Gasteiger partial charge in [0.05, 0.1) is 0 Å². The zero-order valence-electron chi connectivity index (χ0n) is 15.5. The average molecular weight is 325 g/mol. The summed E-state index contributed by atoms with van der Waals surface area (Å²) in [5, 5.41) is 3.51. The fourth-order valence-electron chi connectivity index (χ4n) is 3.34. The molecule has 0 amide bonds. The number of allylic oxidation sites excluding steroid dienone is 5. The van der Waals surface area contributed by atoms with Gasteiger partial charge < -0.3 is 5.32 Å². The highest BCUT2D eigenvalue weighted by atomic mass is 15.1. The van der Waals surface area contributed by atoms with E-state index in [1.54, 1.807) is 0 Å². The number of rotatable bonds is 8. The van der Waals surface area contributed by atoms with Gasteiger partial charge in [-0.2, -0.15) is 0 Å². The summed E-state index contributed by atoms with van der Waals surface area (Å²) in [6.45, 7) is 11.4. The number of likely N-dealkylation sites (N-methyl/N-ethyl adjacent to an activating group) is 1. The first-order chi connectivity index (χ1) is 11.7. The summed E-state index contributed by atoms with van der Waals surface area (Å²) >= 11 is 0. The van der Waals surface area contributed by atoms with Gasteiger partial charge in [-0.25, -0.2) is 0 Å². The number of nitrogens with zero attached hydrogens (tertiary/aromatic N) is 1. The molecule has 2 rings (SSSR count). The number of hydrogen-bond acceptors (Lipinski definition) is 2. The van der Waals surface area contributed by atoms with Crippen LogP contribution in [0.2, 0.25) is 0 Å². The molecule has 130 valence electrons. The van der Waals surface area contributed by atoms with Crippen LogP contribution in [0.1, 0.15) is 37.8 Å². The molecule has 0 radical (unpaired) electrons. The maximum absolute atomic E-state index is 3.84. The highest BCUT2D eigenvalue weighted by Gasteiger charge is 2.18. The number of fused-ring (bicyclic) bond motifs is 1. The number of nitrogens with one attached hydrogen (secondary N) is 1. The van der Waals surface area contributed by atoms with Crippen molar-refractivity contribution in [2.24, 2.45) is 0 Å². The average Bonchev–Trinajstić information content (AvgIpc) is 2.63. The second kappa shape index (κ2) is 9.61. The Hall–Kier alpha value is -1.64. The van der Waals surface area contributed by atoms with E-state index in [1.165, 1.54) is 35.2 Å².